The van der Waals surface area contributed by atoms with Crippen molar-refractivity contribution in [2.75, 3.05) is 26.2 Å². The fourth-order valence-corrected chi connectivity index (χ4v) is 4.80. The molecule has 3 aromatic rings. The number of nitrogens with one attached hydrogen (secondary N) is 1. The predicted octanol–water partition coefficient (Wildman–Crippen LogP) is 9.61. The summed E-state index contributed by atoms with van der Waals surface area (Å²) in [5.41, 5.74) is 11.2. The van der Waals surface area contributed by atoms with Crippen LogP contribution in [0, 0.1) is 0 Å². The summed E-state index contributed by atoms with van der Waals surface area (Å²) in [5.74, 6) is -0.104. The van der Waals surface area contributed by atoms with E-state index in [0.29, 0.717) is 48.9 Å². The summed E-state index contributed by atoms with van der Waals surface area (Å²) in [7, 11) is 2.73. The van der Waals surface area contributed by atoms with Crippen molar-refractivity contribution in [3.05, 3.63) is 100 Å². The zero-order valence-corrected chi connectivity index (χ0v) is 33.6. The first-order valence-corrected chi connectivity index (χ1v) is 18.9. The van der Waals surface area contributed by atoms with Crippen LogP contribution in [0.2, 0.25) is 0 Å². The topological polar surface area (TPSA) is 111 Å². The Morgan fingerprint density at radius 2 is 1.64 bits per heavy atom. The number of amides is 2. The van der Waals surface area contributed by atoms with Gasteiger partial charge in [0.15, 0.2) is 0 Å². The van der Waals surface area contributed by atoms with E-state index < -0.39 is 0 Å². The van der Waals surface area contributed by atoms with Crippen LogP contribution < -0.4 is 11.1 Å². The highest BCUT2D eigenvalue weighted by Gasteiger charge is 2.20. The molecule has 1 heterocycles. The fourth-order valence-electron chi connectivity index (χ4n) is 4.54. The first kappa shape index (κ1) is 46.4. The van der Waals surface area contributed by atoms with Gasteiger partial charge in [0.1, 0.15) is 6.26 Å². The number of nitrogens with two attached hydrogens (primary N) is 1. The van der Waals surface area contributed by atoms with Gasteiger partial charge in [-0.2, -0.15) is 0 Å². The number of rotatable bonds is 16. The van der Waals surface area contributed by atoms with E-state index in [0.717, 1.165) is 31.2 Å². The Hall–Kier alpha value is -3.58. The number of nitrogens with zero attached hydrogens (tertiary/aromatic N) is 2. The van der Waals surface area contributed by atoms with Crippen molar-refractivity contribution in [1.29, 1.82) is 0 Å². The molecule has 0 bridgehead atoms. The maximum atomic E-state index is 13.3. The van der Waals surface area contributed by atoms with Crippen LogP contribution in [0.25, 0.3) is 11.5 Å². The van der Waals surface area contributed by atoms with Gasteiger partial charge >= 0.3 is 0 Å². The van der Waals surface area contributed by atoms with E-state index in [4.69, 9.17) is 14.9 Å². The van der Waals surface area contributed by atoms with Gasteiger partial charge in [-0.3, -0.25) is 9.59 Å². The second-order valence-electron chi connectivity index (χ2n) is 11.2. The van der Waals surface area contributed by atoms with Crippen LogP contribution in [-0.4, -0.2) is 54.0 Å². The molecule has 1 aromatic heterocycles. The molecule has 3 N–H and O–H groups in total. The quantitative estimate of drug-likeness (QED) is 0.113. The Labute approximate surface area is 305 Å². The van der Waals surface area contributed by atoms with Crippen LogP contribution in [0.15, 0.2) is 82.4 Å². The van der Waals surface area contributed by atoms with Crippen molar-refractivity contribution in [2.45, 2.75) is 108 Å². The van der Waals surface area contributed by atoms with Gasteiger partial charge < -0.3 is 25.1 Å². The number of ether oxygens (including phenoxy) is 1. The van der Waals surface area contributed by atoms with Crippen LogP contribution in [0.5, 0.6) is 0 Å². The number of benzene rings is 2. The molecule has 2 aromatic carbocycles. The van der Waals surface area contributed by atoms with Gasteiger partial charge in [-0.25, -0.2) is 4.98 Å². The van der Waals surface area contributed by atoms with Crippen LogP contribution in [0.1, 0.15) is 120 Å². The molecule has 0 aliphatic carbocycles. The smallest absolute Gasteiger partial charge is 0.253 e. The Bertz CT molecular complexity index is 1410. The molecular formula is C41H65N4O4P. The second kappa shape index (κ2) is 28.2. The van der Waals surface area contributed by atoms with Crippen molar-refractivity contribution >= 4 is 21.1 Å². The zero-order chi connectivity index (χ0) is 37.9. The molecule has 0 radical (unpaired) electrons. The average molecular weight is 709 g/mol. The normalized spacial score (nSPS) is 11.5. The minimum atomic E-state index is -0.376. The van der Waals surface area contributed by atoms with Crippen molar-refractivity contribution in [3.8, 4) is 11.5 Å². The van der Waals surface area contributed by atoms with Gasteiger partial charge in [0.05, 0.1) is 19.4 Å². The highest BCUT2D eigenvalue weighted by Crippen LogP contribution is 2.22. The summed E-state index contributed by atoms with van der Waals surface area (Å²) < 4.78 is 11.2. The summed E-state index contributed by atoms with van der Waals surface area (Å²) in [6.07, 6.45) is 11.1. The molecule has 2 atom stereocenters. The molecule has 0 spiro atoms. The molecular weight excluding hydrogens is 643 g/mol. The monoisotopic (exact) mass is 708 g/mol. The number of oxazole rings is 1. The Morgan fingerprint density at radius 1 is 1.00 bits per heavy atom. The van der Waals surface area contributed by atoms with E-state index in [1.165, 1.54) is 28.9 Å². The minimum Gasteiger partial charge on any atom is -0.445 e. The largest absolute Gasteiger partial charge is 0.445 e. The van der Waals surface area contributed by atoms with Crippen molar-refractivity contribution < 1.29 is 18.7 Å². The van der Waals surface area contributed by atoms with Gasteiger partial charge in [-0.15, -0.1) is 9.24 Å². The predicted molar refractivity (Wildman–Crippen MR) is 214 cm³/mol. The highest BCUT2D eigenvalue weighted by molar-refractivity contribution is 7.22. The van der Waals surface area contributed by atoms with Gasteiger partial charge in [0.2, 0.25) is 5.89 Å². The number of carbonyl (C=O) groups is 2. The van der Waals surface area contributed by atoms with Crippen LogP contribution >= 0.6 is 9.24 Å². The van der Waals surface area contributed by atoms with Crippen molar-refractivity contribution in [1.82, 2.24) is 15.2 Å². The Kier molecular flexibility index (Phi) is 26.1. The van der Waals surface area contributed by atoms with Gasteiger partial charge in [-0.05, 0) is 68.9 Å². The van der Waals surface area contributed by atoms with E-state index >= 15 is 0 Å². The summed E-state index contributed by atoms with van der Waals surface area (Å²) in [6, 6.07) is 12.9. The second-order valence-corrected chi connectivity index (χ2v) is 11.9. The van der Waals surface area contributed by atoms with E-state index in [-0.39, 0.29) is 24.4 Å². The van der Waals surface area contributed by atoms with Crippen molar-refractivity contribution in [2.24, 2.45) is 5.73 Å². The maximum Gasteiger partial charge on any atom is 0.253 e. The van der Waals surface area contributed by atoms with E-state index in [2.05, 4.69) is 71.5 Å². The third-order valence-corrected chi connectivity index (χ3v) is 7.77. The molecule has 0 aliphatic heterocycles. The first-order valence-electron chi connectivity index (χ1n) is 18.3. The number of aromatic nitrogens is 1. The lowest BCUT2D eigenvalue weighted by Crippen LogP contribution is -2.40. The van der Waals surface area contributed by atoms with Crippen LogP contribution in [-0.2, 0) is 17.8 Å². The molecule has 0 aliphatic rings. The minimum absolute atomic E-state index is 0.122. The van der Waals surface area contributed by atoms with E-state index in [1.807, 2.05) is 53.7 Å². The molecule has 2 unspecified atom stereocenters. The van der Waals surface area contributed by atoms with E-state index in [9.17, 15) is 9.59 Å². The molecule has 9 heteroatoms. The first-order chi connectivity index (χ1) is 24.1. The van der Waals surface area contributed by atoms with Crippen molar-refractivity contribution in [3.63, 3.8) is 0 Å². The number of carbonyl (C=O) groups excluding carboxylic acids is 2. The SMILES string of the molecule is C/C=C(C)\C=C(\P)CC.CC.CC.CCCN(CCC)C(=O)c1cc(C(=O)NCC(N)COCc2cccc(CC)c2)cc(-c2ncco2)c1. The van der Waals surface area contributed by atoms with Crippen LogP contribution in [0.4, 0.5) is 0 Å². The van der Waals surface area contributed by atoms with Gasteiger partial charge in [-0.1, -0.05) is 103 Å². The van der Waals surface area contributed by atoms with Crippen LogP contribution in [0.3, 0.4) is 0 Å². The van der Waals surface area contributed by atoms with Gasteiger partial charge in [0, 0.05) is 42.4 Å². The fraction of sp³-hybridized carbons (Fsp3) is 0.488. The van der Waals surface area contributed by atoms with Gasteiger partial charge in [0.25, 0.3) is 11.8 Å². The summed E-state index contributed by atoms with van der Waals surface area (Å²) in [6.45, 7) is 22.8. The lowest BCUT2D eigenvalue weighted by molar-refractivity contribution is 0.0755. The number of aryl methyl sites for hydroxylation is 1. The third kappa shape index (κ3) is 17.9. The molecule has 278 valence electrons. The molecule has 3 rings (SSSR count). The Balaban J connectivity index is 0.00000159. The molecule has 0 saturated carbocycles. The highest BCUT2D eigenvalue weighted by atomic mass is 31.0. The zero-order valence-electron chi connectivity index (χ0n) is 32.5. The number of allylic oxidation sites excluding steroid dienone is 4. The standard InChI is InChI=1S/C29H38N4O4.C8H15P.2C2H6/c1-4-11-33(12-5-2)29(35)25-16-23(15-24(17-25)28-31-10-13-37-28)27(34)32-18-26(30)20-36-19-22-9-7-8-21(6-3)14-22;1-4-7(3)6-8(9)5-2;2*1-2/h7-10,13-17,26H,4-6,11-12,18-20,30H2,1-3H3,(H,32,34);4,6H,5,9H2,1-3H3;2*1-2H3/b;7-4-,8-6+;;. The third-order valence-electron chi connectivity index (χ3n) is 7.20. The summed E-state index contributed by atoms with van der Waals surface area (Å²) >= 11 is 0. The number of hydrogen-bond acceptors (Lipinski definition) is 6. The molecule has 2 amide bonds. The lowest BCUT2D eigenvalue weighted by atomic mass is 10.0. The molecule has 0 fully saturated rings. The molecule has 0 saturated heterocycles. The Morgan fingerprint density at radius 3 is 2.20 bits per heavy atom. The molecule has 8 nitrogen and oxygen atoms in total. The lowest BCUT2D eigenvalue weighted by Gasteiger charge is -2.22. The summed E-state index contributed by atoms with van der Waals surface area (Å²) in [4.78, 5) is 32.3. The maximum absolute atomic E-state index is 13.3. The summed E-state index contributed by atoms with van der Waals surface area (Å²) in [5, 5.41) is 4.23. The molecule has 50 heavy (non-hydrogen) atoms. The van der Waals surface area contributed by atoms with E-state index in [1.54, 1.807) is 23.1 Å². The average Bonchev–Trinajstić information content (AvgIpc) is 3.70. The number of hydrogen-bond donors (Lipinski definition) is 2.